The van der Waals surface area contributed by atoms with Crippen molar-refractivity contribution in [3.63, 3.8) is 0 Å². The number of phosphoric acid groups is 2. The van der Waals surface area contributed by atoms with Gasteiger partial charge in [0.05, 0.1) is 26.4 Å². The van der Waals surface area contributed by atoms with E-state index in [1.165, 1.54) is 70.6 Å². The number of ether oxygens (including phenoxy) is 4. The number of carbonyl (C=O) groups excluding carboxylic acids is 4. The lowest BCUT2D eigenvalue weighted by Gasteiger charge is -2.21. The van der Waals surface area contributed by atoms with E-state index in [-0.39, 0.29) is 25.7 Å². The molecular formula is C79H136O17P2. The summed E-state index contributed by atoms with van der Waals surface area (Å²) in [6.45, 7) is 4.60. The van der Waals surface area contributed by atoms with E-state index in [1.54, 1.807) is 0 Å². The van der Waals surface area contributed by atoms with Crippen molar-refractivity contribution in [3.05, 3.63) is 109 Å². The Bertz CT molecular complexity index is 2290. The molecule has 98 heavy (non-hydrogen) atoms. The predicted molar refractivity (Wildman–Crippen MR) is 399 cm³/mol. The van der Waals surface area contributed by atoms with Crippen LogP contribution >= 0.6 is 15.6 Å². The fourth-order valence-electron chi connectivity index (χ4n) is 9.85. The highest BCUT2D eigenvalue weighted by molar-refractivity contribution is 7.47. The van der Waals surface area contributed by atoms with Crippen LogP contribution in [0, 0.1) is 0 Å². The molecule has 0 radical (unpaired) electrons. The first-order chi connectivity index (χ1) is 47.7. The van der Waals surface area contributed by atoms with Crippen LogP contribution in [0.2, 0.25) is 0 Å². The molecule has 0 saturated carbocycles. The van der Waals surface area contributed by atoms with Crippen molar-refractivity contribution in [3.8, 4) is 0 Å². The van der Waals surface area contributed by atoms with Crippen LogP contribution < -0.4 is 0 Å². The molecule has 0 saturated heterocycles. The maximum absolute atomic E-state index is 13.1. The molecule has 5 unspecified atom stereocenters. The minimum absolute atomic E-state index is 0.0651. The van der Waals surface area contributed by atoms with E-state index in [0.29, 0.717) is 32.1 Å². The number of hydrogen-bond donors (Lipinski definition) is 3. The second-order valence-electron chi connectivity index (χ2n) is 25.2. The fraction of sp³-hybridized carbons (Fsp3) is 0.722. The number of allylic oxidation sites excluding steroid dienone is 18. The second kappa shape index (κ2) is 71.1. The standard InChI is InChI=1S/C79H136O17P2/c1-5-9-13-17-21-25-29-32-35-36-39-41-45-48-52-56-60-64-77(82)90-70-75(96-79(84)66-62-58-54-50-46-42-38-34-31-27-23-19-15-11-7-3)72-94-98(87,88)92-68-73(80)67-91-97(85,86)93-71-74(95-78(83)65-61-57-53-49-43-28-24-20-16-12-8-4)69-89-76(81)63-59-55-51-47-44-40-37-33-30-26-22-18-14-10-6-2/h9,13,20-21,23-25,27,32-35,37-39,41,48,52,73-75,80H,5-8,10-12,14-19,22,26,28-31,36,40,42-47,49-51,53-72H2,1-4H3,(H,85,86)(H,87,88)/b13-9-,24-20-,25-21-,27-23-,35-32-,37-33-,38-34-,41-39-,52-48-. The van der Waals surface area contributed by atoms with Gasteiger partial charge in [-0.25, -0.2) is 9.13 Å². The van der Waals surface area contributed by atoms with E-state index in [1.807, 2.05) is 12.2 Å². The Morgan fingerprint density at radius 2 is 0.551 bits per heavy atom. The normalized spacial score (nSPS) is 14.6. The van der Waals surface area contributed by atoms with Crippen LogP contribution in [0.5, 0.6) is 0 Å². The number of esters is 4. The summed E-state index contributed by atoms with van der Waals surface area (Å²) < 4.78 is 68.3. The molecule has 0 aromatic heterocycles. The van der Waals surface area contributed by atoms with E-state index < -0.39 is 97.5 Å². The monoisotopic (exact) mass is 1420 g/mol. The number of aliphatic hydroxyl groups is 1. The lowest BCUT2D eigenvalue weighted by atomic mass is 10.1. The molecule has 0 aliphatic carbocycles. The average Bonchev–Trinajstić information content (AvgIpc) is 0.986. The number of phosphoric ester groups is 2. The summed E-state index contributed by atoms with van der Waals surface area (Å²) >= 11 is 0. The quantitative estimate of drug-likeness (QED) is 0.0169. The smallest absolute Gasteiger partial charge is 0.462 e. The molecule has 0 heterocycles. The maximum atomic E-state index is 13.1. The minimum atomic E-state index is -4.99. The molecule has 0 rings (SSSR count). The van der Waals surface area contributed by atoms with E-state index in [0.717, 1.165) is 154 Å². The van der Waals surface area contributed by atoms with Gasteiger partial charge in [0.25, 0.3) is 0 Å². The zero-order chi connectivity index (χ0) is 71.8. The summed E-state index contributed by atoms with van der Waals surface area (Å²) in [6, 6.07) is 0. The number of unbranched alkanes of at least 4 members (excludes halogenated alkanes) is 27. The first-order valence-electron chi connectivity index (χ1n) is 38.1. The van der Waals surface area contributed by atoms with Gasteiger partial charge in [-0.15, -0.1) is 0 Å². The van der Waals surface area contributed by atoms with Crippen molar-refractivity contribution in [1.29, 1.82) is 0 Å². The van der Waals surface area contributed by atoms with Crippen molar-refractivity contribution < 1.29 is 80.2 Å². The van der Waals surface area contributed by atoms with Crippen molar-refractivity contribution in [2.24, 2.45) is 0 Å². The van der Waals surface area contributed by atoms with Crippen LogP contribution in [-0.2, 0) is 65.4 Å². The summed E-state index contributed by atoms with van der Waals surface area (Å²) in [5.74, 6) is -2.27. The van der Waals surface area contributed by atoms with Crippen LogP contribution in [0.4, 0.5) is 0 Å². The Morgan fingerprint density at radius 3 is 0.918 bits per heavy atom. The Kier molecular flexibility index (Phi) is 68.0. The summed E-state index contributed by atoms with van der Waals surface area (Å²) in [6.07, 6.45) is 75.2. The molecule has 0 amide bonds. The topological polar surface area (TPSA) is 237 Å². The van der Waals surface area contributed by atoms with E-state index in [9.17, 15) is 43.2 Å². The van der Waals surface area contributed by atoms with Crippen molar-refractivity contribution in [2.45, 2.75) is 329 Å². The van der Waals surface area contributed by atoms with E-state index in [2.05, 4.69) is 125 Å². The van der Waals surface area contributed by atoms with Crippen LogP contribution in [-0.4, -0.2) is 96.7 Å². The van der Waals surface area contributed by atoms with Gasteiger partial charge in [-0.3, -0.25) is 37.3 Å². The second-order valence-corrected chi connectivity index (χ2v) is 28.1. The van der Waals surface area contributed by atoms with Crippen molar-refractivity contribution >= 4 is 39.5 Å². The molecule has 19 heteroatoms. The van der Waals surface area contributed by atoms with Crippen LogP contribution in [0.15, 0.2) is 109 Å². The first kappa shape index (κ1) is 93.7. The Morgan fingerprint density at radius 1 is 0.296 bits per heavy atom. The van der Waals surface area contributed by atoms with Gasteiger partial charge in [-0.1, -0.05) is 253 Å². The molecule has 0 aromatic rings. The van der Waals surface area contributed by atoms with E-state index >= 15 is 0 Å². The Hall–Kier alpha value is -4.28. The molecule has 0 aliphatic rings. The minimum Gasteiger partial charge on any atom is -0.462 e. The van der Waals surface area contributed by atoms with Gasteiger partial charge in [0.2, 0.25) is 0 Å². The maximum Gasteiger partial charge on any atom is 0.472 e. The number of carbonyl (C=O) groups is 4. The molecule has 5 atom stereocenters. The molecule has 0 aromatic carbocycles. The van der Waals surface area contributed by atoms with Crippen molar-refractivity contribution in [1.82, 2.24) is 0 Å². The highest BCUT2D eigenvalue weighted by Crippen LogP contribution is 2.45. The van der Waals surface area contributed by atoms with Crippen LogP contribution in [0.25, 0.3) is 0 Å². The highest BCUT2D eigenvalue weighted by Gasteiger charge is 2.30. The molecule has 0 bridgehead atoms. The van der Waals surface area contributed by atoms with Crippen molar-refractivity contribution in [2.75, 3.05) is 39.6 Å². The third-order valence-corrected chi connectivity index (χ3v) is 17.6. The zero-order valence-corrected chi connectivity index (χ0v) is 63.2. The van der Waals surface area contributed by atoms with Gasteiger partial charge in [0.1, 0.15) is 19.3 Å². The molecule has 0 fully saturated rings. The highest BCUT2D eigenvalue weighted by atomic mass is 31.2. The van der Waals surface area contributed by atoms with Gasteiger partial charge >= 0.3 is 39.5 Å². The number of rotatable bonds is 71. The SMILES string of the molecule is CC/C=C\C/C=C\C/C=C\C/C=C\C/C=C\CCCC(=O)OCC(COP(=O)(O)OCC(O)COP(=O)(O)OCC(COC(=O)CCCCCCC/C=C\CCCCCCCC)OC(=O)CCCCCCC/C=C\CCCC)OC(=O)CCCCCCC/C=C\C/C=C\CCCCC. The summed E-state index contributed by atoms with van der Waals surface area (Å²) in [4.78, 5) is 72.8. The number of aliphatic hydroxyl groups excluding tert-OH is 1. The summed E-state index contributed by atoms with van der Waals surface area (Å²) in [5.41, 5.74) is 0. The van der Waals surface area contributed by atoms with Crippen LogP contribution in [0.3, 0.4) is 0 Å². The lowest BCUT2D eigenvalue weighted by molar-refractivity contribution is -0.161. The fourth-order valence-corrected chi connectivity index (χ4v) is 11.4. The largest absolute Gasteiger partial charge is 0.472 e. The third kappa shape index (κ3) is 70.2. The van der Waals surface area contributed by atoms with Gasteiger partial charge in [-0.2, -0.15) is 0 Å². The summed E-state index contributed by atoms with van der Waals surface area (Å²) in [7, 11) is -9.97. The molecule has 0 spiro atoms. The first-order valence-corrected chi connectivity index (χ1v) is 41.1. The lowest BCUT2D eigenvalue weighted by Crippen LogP contribution is -2.30. The molecule has 564 valence electrons. The van der Waals surface area contributed by atoms with Gasteiger partial charge in [0.15, 0.2) is 12.2 Å². The molecule has 3 N–H and O–H groups in total. The molecular weight excluding hydrogens is 1280 g/mol. The number of hydrogen-bond acceptors (Lipinski definition) is 15. The zero-order valence-electron chi connectivity index (χ0n) is 61.4. The van der Waals surface area contributed by atoms with E-state index in [4.69, 9.17) is 37.0 Å². The Balaban J connectivity index is 5.39. The molecule has 17 nitrogen and oxygen atoms in total. The van der Waals surface area contributed by atoms with Crippen LogP contribution in [0.1, 0.15) is 310 Å². The average molecular weight is 1420 g/mol. The van der Waals surface area contributed by atoms with Gasteiger partial charge in [0, 0.05) is 25.7 Å². The third-order valence-electron chi connectivity index (χ3n) is 15.7. The van der Waals surface area contributed by atoms with Gasteiger partial charge < -0.3 is 33.8 Å². The predicted octanol–water partition coefficient (Wildman–Crippen LogP) is 21.8. The van der Waals surface area contributed by atoms with Gasteiger partial charge in [-0.05, 0) is 141 Å². The Labute approximate surface area is 594 Å². The molecule has 0 aliphatic heterocycles. The summed E-state index contributed by atoms with van der Waals surface area (Å²) in [5, 5.41) is 10.6.